The molecule has 2 rings (SSSR count). The van der Waals surface area contributed by atoms with Gasteiger partial charge in [0.25, 0.3) is 0 Å². The highest BCUT2D eigenvalue weighted by atomic mass is 79.9. The van der Waals surface area contributed by atoms with Gasteiger partial charge in [0.1, 0.15) is 5.82 Å². The van der Waals surface area contributed by atoms with Crippen molar-refractivity contribution in [2.45, 2.75) is 39.8 Å². The first-order chi connectivity index (χ1) is 8.90. The van der Waals surface area contributed by atoms with Crippen molar-refractivity contribution in [3.8, 4) is 0 Å². The van der Waals surface area contributed by atoms with E-state index in [0.717, 1.165) is 24.3 Å². The lowest BCUT2D eigenvalue weighted by Gasteiger charge is -2.43. The van der Waals surface area contributed by atoms with Crippen molar-refractivity contribution in [2.75, 3.05) is 18.0 Å². The van der Waals surface area contributed by atoms with Gasteiger partial charge in [-0.15, -0.1) is 0 Å². The summed E-state index contributed by atoms with van der Waals surface area (Å²) in [5.74, 6) is 0.369. The smallest absolute Gasteiger partial charge is 0.137 e. The minimum atomic E-state index is -0.189. The fourth-order valence-electron chi connectivity index (χ4n) is 2.74. The van der Waals surface area contributed by atoms with Gasteiger partial charge in [-0.25, -0.2) is 4.39 Å². The van der Waals surface area contributed by atoms with Gasteiger partial charge in [-0.2, -0.15) is 0 Å². The Hall–Kier alpha value is -0.610. The summed E-state index contributed by atoms with van der Waals surface area (Å²) in [6.07, 6.45) is 0. The maximum atomic E-state index is 13.6. The molecule has 2 unspecified atom stereocenters. The van der Waals surface area contributed by atoms with Gasteiger partial charge in [-0.1, -0.05) is 13.8 Å². The summed E-state index contributed by atoms with van der Waals surface area (Å²) in [6, 6.07) is 4.44. The van der Waals surface area contributed by atoms with E-state index in [0.29, 0.717) is 22.5 Å². The van der Waals surface area contributed by atoms with Crippen molar-refractivity contribution in [1.82, 2.24) is 5.32 Å². The van der Waals surface area contributed by atoms with Crippen molar-refractivity contribution in [3.63, 3.8) is 0 Å². The molecular formula is C15H22BrFN2. The van der Waals surface area contributed by atoms with E-state index < -0.39 is 0 Å². The number of nitrogens with zero attached hydrogens (tertiary/aromatic N) is 1. The molecule has 1 saturated heterocycles. The highest BCUT2D eigenvalue weighted by molar-refractivity contribution is 9.10. The Kier molecular flexibility index (Phi) is 4.51. The van der Waals surface area contributed by atoms with Crippen LogP contribution in [0.5, 0.6) is 0 Å². The average Bonchev–Trinajstić information content (AvgIpc) is 2.33. The first kappa shape index (κ1) is 14.8. The molecule has 2 atom stereocenters. The van der Waals surface area contributed by atoms with Gasteiger partial charge in [0.15, 0.2) is 0 Å². The first-order valence-electron chi connectivity index (χ1n) is 6.85. The number of rotatable bonds is 2. The summed E-state index contributed by atoms with van der Waals surface area (Å²) in [4.78, 5) is 2.42. The molecule has 0 aromatic heterocycles. The standard InChI is InChI=1S/C15H22BrFN2/c1-9(2)15-7-18-11(4)8-19(15)14-6-12(16)13(17)5-10(14)3/h5-6,9,11,15,18H,7-8H2,1-4H3. The number of piperazine rings is 1. The monoisotopic (exact) mass is 328 g/mol. The SMILES string of the molecule is Cc1cc(F)c(Br)cc1N1CC(C)NCC1C(C)C. The number of aryl methyl sites for hydroxylation is 1. The van der Waals surface area contributed by atoms with Crippen LogP contribution in [-0.2, 0) is 0 Å². The topological polar surface area (TPSA) is 15.3 Å². The molecule has 4 heteroatoms. The summed E-state index contributed by atoms with van der Waals surface area (Å²) >= 11 is 3.30. The summed E-state index contributed by atoms with van der Waals surface area (Å²) in [6.45, 7) is 10.6. The van der Waals surface area contributed by atoms with Crippen molar-refractivity contribution < 1.29 is 4.39 Å². The van der Waals surface area contributed by atoms with Crippen LogP contribution in [0, 0.1) is 18.7 Å². The second-order valence-electron chi connectivity index (χ2n) is 5.83. The predicted molar refractivity (Wildman–Crippen MR) is 82.3 cm³/mol. The van der Waals surface area contributed by atoms with E-state index in [1.54, 1.807) is 6.07 Å². The average molecular weight is 329 g/mol. The van der Waals surface area contributed by atoms with Crippen LogP contribution in [0.1, 0.15) is 26.3 Å². The van der Waals surface area contributed by atoms with Gasteiger partial charge in [-0.05, 0) is 53.4 Å². The van der Waals surface area contributed by atoms with Gasteiger partial charge in [0.2, 0.25) is 0 Å². The highest BCUT2D eigenvalue weighted by Gasteiger charge is 2.29. The number of hydrogen-bond donors (Lipinski definition) is 1. The Morgan fingerprint density at radius 3 is 2.74 bits per heavy atom. The van der Waals surface area contributed by atoms with Gasteiger partial charge < -0.3 is 10.2 Å². The Bertz CT molecular complexity index is 462. The van der Waals surface area contributed by atoms with Crippen LogP contribution in [0.4, 0.5) is 10.1 Å². The second kappa shape index (κ2) is 5.80. The fraction of sp³-hybridized carbons (Fsp3) is 0.600. The molecule has 1 heterocycles. The van der Waals surface area contributed by atoms with Crippen LogP contribution in [0.15, 0.2) is 16.6 Å². The van der Waals surface area contributed by atoms with Crippen LogP contribution >= 0.6 is 15.9 Å². The van der Waals surface area contributed by atoms with Gasteiger partial charge in [0.05, 0.1) is 4.47 Å². The normalized spacial score (nSPS) is 24.1. The molecule has 0 saturated carbocycles. The molecule has 0 radical (unpaired) electrons. The summed E-state index contributed by atoms with van der Waals surface area (Å²) in [5.41, 5.74) is 2.14. The fourth-order valence-corrected chi connectivity index (χ4v) is 3.08. The summed E-state index contributed by atoms with van der Waals surface area (Å²) < 4.78 is 14.1. The van der Waals surface area contributed by atoms with Crippen molar-refractivity contribution in [2.24, 2.45) is 5.92 Å². The van der Waals surface area contributed by atoms with Crippen LogP contribution in [-0.4, -0.2) is 25.2 Å². The lowest BCUT2D eigenvalue weighted by molar-refractivity contribution is 0.348. The van der Waals surface area contributed by atoms with E-state index in [2.05, 4.69) is 46.9 Å². The highest BCUT2D eigenvalue weighted by Crippen LogP contribution is 2.31. The maximum Gasteiger partial charge on any atom is 0.137 e. The molecule has 1 aliphatic heterocycles. The lowest BCUT2D eigenvalue weighted by atomic mass is 9.97. The minimum Gasteiger partial charge on any atom is -0.365 e. The third-order valence-electron chi connectivity index (χ3n) is 3.86. The Morgan fingerprint density at radius 1 is 1.42 bits per heavy atom. The molecule has 2 nitrogen and oxygen atoms in total. The van der Waals surface area contributed by atoms with E-state index in [1.807, 2.05) is 13.0 Å². The molecular weight excluding hydrogens is 307 g/mol. The van der Waals surface area contributed by atoms with Gasteiger partial charge in [0, 0.05) is 30.9 Å². The summed E-state index contributed by atoms with van der Waals surface area (Å²) in [5, 5.41) is 3.53. The van der Waals surface area contributed by atoms with Crippen LogP contribution in [0.25, 0.3) is 0 Å². The summed E-state index contributed by atoms with van der Waals surface area (Å²) in [7, 11) is 0. The third kappa shape index (κ3) is 3.11. The minimum absolute atomic E-state index is 0.189. The van der Waals surface area contributed by atoms with E-state index in [4.69, 9.17) is 0 Å². The van der Waals surface area contributed by atoms with Crippen molar-refractivity contribution in [3.05, 3.63) is 28.0 Å². The zero-order valence-corrected chi connectivity index (χ0v) is 13.6. The Labute approximate surface area is 123 Å². The zero-order chi connectivity index (χ0) is 14.2. The van der Waals surface area contributed by atoms with Crippen LogP contribution in [0.3, 0.4) is 0 Å². The quantitative estimate of drug-likeness (QED) is 0.890. The van der Waals surface area contributed by atoms with Crippen molar-refractivity contribution >= 4 is 21.6 Å². The number of nitrogens with one attached hydrogen (secondary N) is 1. The molecule has 1 N–H and O–H groups in total. The maximum absolute atomic E-state index is 13.6. The molecule has 0 aliphatic carbocycles. The van der Waals surface area contributed by atoms with Gasteiger partial charge in [-0.3, -0.25) is 0 Å². The molecule has 19 heavy (non-hydrogen) atoms. The lowest BCUT2D eigenvalue weighted by Crippen LogP contribution is -2.57. The predicted octanol–water partition coefficient (Wildman–Crippen LogP) is 3.72. The van der Waals surface area contributed by atoms with E-state index in [9.17, 15) is 4.39 Å². The molecule has 106 valence electrons. The molecule has 0 amide bonds. The van der Waals surface area contributed by atoms with Crippen LogP contribution < -0.4 is 10.2 Å². The molecule has 1 aromatic carbocycles. The molecule has 1 aromatic rings. The van der Waals surface area contributed by atoms with Gasteiger partial charge >= 0.3 is 0 Å². The zero-order valence-electron chi connectivity index (χ0n) is 12.0. The molecule has 0 bridgehead atoms. The van der Waals surface area contributed by atoms with E-state index >= 15 is 0 Å². The third-order valence-corrected chi connectivity index (χ3v) is 4.47. The number of halogens is 2. The molecule has 1 fully saturated rings. The van der Waals surface area contributed by atoms with E-state index in [1.165, 1.54) is 0 Å². The molecule has 0 spiro atoms. The number of anilines is 1. The largest absolute Gasteiger partial charge is 0.365 e. The van der Waals surface area contributed by atoms with Crippen molar-refractivity contribution in [1.29, 1.82) is 0 Å². The van der Waals surface area contributed by atoms with Crippen LogP contribution in [0.2, 0.25) is 0 Å². The molecule has 1 aliphatic rings. The first-order valence-corrected chi connectivity index (χ1v) is 7.65. The Morgan fingerprint density at radius 2 is 2.11 bits per heavy atom. The number of benzene rings is 1. The second-order valence-corrected chi connectivity index (χ2v) is 6.68. The Balaban J connectivity index is 2.38. The van der Waals surface area contributed by atoms with E-state index in [-0.39, 0.29) is 5.82 Å². The number of hydrogen-bond acceptors (Lipinski definition) is 2.